The summed E-state index contributed by atoms with van der Waals surface area (Å²) in [6.07, 6.45) is 13.1. The predicted octanol–water partition coefficient (Wildman–Crippen LogP) is 7.29. The number of aromatic nitrogens is 1. The Morgan fingerprint density at radius 3 is 2.31 bits per heavy atom. The van der Waals surface area contributed by atoms with Gasteiger partial charge >= 0.3 is 6.09 Å². The first-order chi connectivity index (χ1) is 28.0. The Labute approximate surface area is 348 Å². The highest BCUT2D eigenvalue weighted by Gasteiger charge is 2.43. The number of pyridine rings is 1. The fourth-order valence-corrected chi connectivity index (χ4v) is 9.02. The molecule has 1 saturated heterocycles. The molecule has 2 aromatic rings. The molecule has 0 radical (unpaired) electrons. The summed E-state index contributed by atoms with van der Waals surface area (Å²) in [5, 5.41) is 7.23. The van der Waals surface area contributed by atoms with Gasteiger partial charge in [-0.2, -0.15) is 0 Å². The summed E-state index contributed by atoms with van der Waals surface area (Å²) in [5.74, 6) is 1.46. The first-order valence-corrected chi connectivity index (χ1v) is 22.2. The number of hydrogen-bond donors (Lipinski definition) is 3. The molecule has 6 rings (SSSR count). The van der Waals surface area contributed by atoms with E-state index in [0.29, 0.717) is 43.0 Å². The molecular weight excluding hydrogens is 759 g/mol. The molecule has 2 heterocycles. The average Bonchev–Trinajstić information content (AvgIpc) is 3.52. The summed E-state index contributed by atoms with van der Waals surface area (Å²) >= 11 is 1.40. The quantitative estimate of drug-likeness (QED) is 0.109. The van der Waals surface area contributed by atoms with Gasteiger partial charge in [0, 0.05) is 35.2 Å². The predicted molar refractivity (Wildman–Crippen MR) is 227 cm³/mol. The third-order valence-electron chi connectivity index (χ3n) is 11.8. The molecule has 1 aromatic carbocycles. The van der Waals surface area contributed by atoms with Crippen LogP contribution in [0.4, 0.5) is 4.79 Å². The topological polar surface area (TPSA) is 157 Å². The van der Waals surface area contributed by atoms with Crippen LogP contribution in [-0.4, -0.2) is 90.5 Å². The van der Waals surface area contributed by atoms with Crippen LogP contribution in [0.3, 0.4) is 0 Å². The first kappa shape index (κ1) is 44.9. The minimum absolute atomic E-state index is 0.0270. The van der Waals surface area contributed by atoms with Gasteiger partial charge in [-0.1, -0.05) is 46.1 Å². The number of methoxy groups -OCH3 is 2. The Kier molecular flexibility index (Phi) is 16.8. The van der Waals surface area contributed by atoms with Crippen molar-refractivity contribution in [2.75, 3.05) is 27.4 Å². The summed E-state index contributed by atoms with van der Waals surface area (Å²) in [6.45, 7) is 12.8. The van der Waals surface area contributed by atoms with Crippen LogP contribution >= 0.6 is 11.9 Å². The van der Waals surface area contributed by atoms with E-state index in [2.05, 4.69) is 46.8 Å². The second kappa shape index (κ2) is 21.7. The van der Waals surface area contributed by atoms with Gasteiger partial charge in [-0.25, -0.2) is 9.78 Å². The van der Waals surface area contributed by atoms with Crippen LogP contribution < -0.4 is 29.6 Å². The number of carbonyl (C=O) groups excluding carboxylic acids is 4. The third-order valence-corrected chi connectivity index (χ3v) is 12.9. The standard InChI is InChI=1S/C28H44N4O5S.C16H21NO3/c1-4-17(2)23(26(34)31-38-20-14-15-20)29-25(33)21-12-8-16-32(21)27(35)24(19-10-5-6-11-19)30-28(36)37-22-13-7-9-18(22)3;1-5-7-11-8-12-13(9-14(11)18-3)17-16(20-6-2)10-15(12)19-4/h4,17-24H,1,5-16H2,2-3H3,(H,29,33)(H,30,36)(H,31,34);8-10H,5-7H2,1-4H3/t17-,18?,21?,22?,23?,24-;/m0./s1. The van der Waals surface area contributed by atoms with Crippen LogP contribution in [-0.2, 0) is 25.5 Å². The van der Waals surface area contributed by atoms with E-state index < -0.39 is 24.2 Å². The summed E-state index contributed by atoms with van der Waals surface area (Å²) in [7, 11) is 3.35. The van der Waals surface area contributed by atoms with E-state index >= 15 is 0 Å². The van der Waals surface area contributed by atoms with Gasteiger partial charge in [0.1, 0.15) is 35.7 Å². The van der Waals surface area contributed by atoms with Crippen molar-refractivity contribution < 1.29 is 38.1 Å². The summed E-state index contributed by atoms with van der Waals surface area (Å²) in [4.78, 5) is 59.1. The molecule has 0 bridgehead atoms. The van der Waals surface area contributed by atoms with Crippen molar-refractivity contribution in [3.05, 3.63) is 36.4 Å². The van der Waals surface area contributed by atoms with Crippen molar-refractivity contribution in [1.82, 2.24) is 25.2 Å². The number of amides is 4. The zero-order valence-electron chi connectivity index (χ0n) is 35.3. The highest BCUT2D eigenvalue weighted by Crippen LogP contribution is 2.35. The number of alkyl carbamates (subject to hydrolysis) is 1. The van der Waals surface area contributed by atoms with E-state index in [1.807, 2.05) is 26.0 Å². The van der Waals surface area contributed by atoms with Gasteiger partial charge in [0.05, 0.1) is 26.3 Å². The first-order valence-electron chi connectivity index (χ1n) is 21.4. The number of nitrogens with zero attached hydrogens (tertiary/aromatic N) is 2. The average molecular weight is 824 g/mol. The number of ether oxygens (including phenoxy) is 4. The highest BCUT2D eigenvalue weighted by molar-refractivity contribution is 7.98. The van der Waals surface area contributed by atoms with Crippen LogP contribution in [0, 0.1) is 17.8 Å². The SMILES string of the molecule is C=C[C@H](C)C(NC(=O)C1CCCN1C(=O)[C@@H](NC(=O)OC1CCCC1C)C1CCCC1)C(=O)NSC1CC1.CCCc1cc2c(OC)cc(OCC)nc2cc1OC. The Morgan fingerprint density at radius 2 is 1.69 bits per heavy atom. The minimum Gasteiger partial charge on any atom is -0.496 e. The largest absolute Gasteiger partial charge is 0.496 e. The van der Waals surface area contributed by atoms with Crippen molar-refractivity contribution in [2.24, 2.45) is 17.8 Å². The molecule has 13 nitrogen and oxygen atoms in total. The molecule has 4 fully saturated rings. The molecule has 4 aliphatic rings. The zero-order chi connectivity index (χ0) is 41.8. The van der Waals surface area contributed by atoms with Crippen LogP contribution in [0.15, 0.2) is 30.9 Å². The van der Waals surface area contributed by atoms with E-state index in [0.717, 1.165) is 93.0 Å². The zero-order valence-corrected chi connectivity index (χ0v) is 36.1. The molecule has 3 N–H and O–H groups in total. The number of nitrogens with one attached hydrogen (secondary N) is 3. The fraction of sp³-hybridized carbons (Fsp3) is 0.659. The Bertz CT molecular complexity index is 1730. The van der Waals surface area contributed by atoms with E-state index in [9.17, 15) is 19.2 Å². The molecule has 320 valence electrons. The maximum atomic E-state index is 13.9. The van der Waals surface area contributed by atoms with Crippen molar-refractivity contribution in [3.63, 3.8) is 0 Å². The van der Waals surface area contributed by atoms with E-state index in [1.165, 1.54) is 17.5 Å². The number of hydrogen-bond acceptors (Lipinski definition) is 10. The maximum absolute atomic E-state index is 13.9. The normalized spacial score (nSPS) is 21.9. The van der Waals surface area contributed by atoms with Crippen molar-refractivity contribution >= 4 is 46.7 Å². The summed E-state index contributed by atoms with van der Waals surface area (Å²) in [6, 6.07) is 3.72. The van der Waals surface area contributed by atoms with E-state index in [4.69, 9.17) is 18.9 Å². The lowest BCUT2D eigenvalue weighted by atomic mass is 9.96. The monoisotopic (exact) mass is 823 g/mol. The van der Waals surface area contributed by atoms with E-state index in [1.54, 1.807) is 25.2 Å². The molecule has 4 amide bonds. The van der Waals surface area contributed by atoms with Crippen LogP contribution in [0.2, 0.25) is 0 Å². The molecular formula is C44H65N5O8S. The smallest absolute Gasteiger partial charge is 0.408 e. The number of fused-ring (bicyclic) bond motifs is 1. The van der Waals surface area contributed by atoms with Crippen LogP contribution in [0.5, 0.6) is 17.4 Å². The van der Waals surface area contributed by atoms with Gasteiger partial charge in [0.2, 0.25) is 17.7 Å². The number of benzene rings is 1. The molecule has 58 heavy (non-hydrogen) atoms. The van der Waals surface area contributed by atoms with Crippen LogP contribution in [0.25, 0.3) is 10.9 Å². The Balaban J connectivity index is 0.000000269. The molecule has 3 saturated carbocycles. The molecule has 14 heteroatoms. The second-order valence-corrected chi connectivity index (χ2v) is 17.2. The van der Waals surface area contributed by atoms with Crippen molar-refractivity contribution in [3.8, 4) is 17.4 Å². The Hall–Kier alpha value is -4.20. The molecule has 3 aliphatic carbocycles. The second-order valence-electron chi connectivity index (χ2n) is 16.1. The van der Waals surface area contributed by atoms with Crippen LogP contribution in [0.1, 0.15) is 110 Å². The number of likely N-dealkylation sites (tertiary alicyclic amines) is 1. The number of aryl methyl sites for hydroxylation is 1. The highest BCUT2D eigenvalue weighted by atomic mass is 32.2. The van der Waals surface area contributed by atoms with Gasteiger partial charge < -0.3 is 34.5 Å². The van der Waals surface area contributed by atoms with Gasteiger partial charge in [-0.05, 0) is 107 Å². The van der Waals surface area contributed by atoms with Gasteiger partial charge in [-0.15, -0.1) is 6.58 Å². The fourth-order valence-electron chi connectivity index (χ4n) is 8.24. The molecule has 1 aliphatic heterocycles. The number of carbonyl (C=O) groups is 4. The molecule has 0 spiro atoms. The summed E-state index contributed by atoms with van der Waals surface area (Å²) < 4.78 is 25.0. The third kappa shape index (κ3) is 11.7. The Morgan fingerprint density at radius 1 is 0.948 bits per heavy atom. The minimum atomic E-state index is -0.768. The van der Waals surface area contributed by atoms with Gasteiger partial charge in [0.15, 0.2) is 0 Å². The number of rotatable bonds is 17. The van der Waals surface area contributed by atoms with E-state index in [-0.39, 0.29) is 35.7 Å². The van der Waals surface area contributed by atoms with Crippen molar-refractivity contribution in [2.45, 2.75) is 141 Å². The van der Waals surface area contributed by atoms with Gasteiger partial charge in [0.25, 0.3) is 5.91 Å². The summed E-state index contributed by atoms with van der Waals surface area (Å²) in [5.41, 5.74) is 2.00. The maximum Gasteiger partial charge on any atom is 0.408 e. The van der Waals surface area contributed by atoms with Gasteiger partial charge in [-0.3, -0.25) is 19.1 Å². The lowest BCUT2D eigenvalue weighted by Gasteiger charge is -2.32. The molecule has 6 atom stereocenters. The molecule has 4 unspecified atom stereocenters. The lowest BCUT2D eigenvalue weighted by Crippen LogP contribution is -2.58. The molecule has 1 aromatic heterocycles. The van der Waals surface area contributed by atoms with Crippen molar-refractivity contribution in [1.29, 1.82) is 0 Å². The lowest BCUT2D eigenvalue weighted by molar-refractivity contribution is -0.141.